The Balaban J connectivity index is 1.67. The van der Waals surface area contributed by atoms with E-state index >= 15 is 0 Å². The maximum Gasteiger partial charge on any atom is 0.336 e. The van der Waals surface area contributed by atoms with E-state index in [0.717, 1.165) is 34.2 Å². The van der Waals surface area contributed by atoms with Crippen molar-refractivity contribution in [1.82, 2.24) is 0 Å². The third-order valence-corrected chi connectivity index (χ3v) is 5.19. The second-order valence-corrected chi connectivity index (χ2v) is 7.12. The predicted molar refractivity (Wildman–Crippen MR) is 108 cm³/mol. The second kappa shape index (κ2) is 8.23. The summed E-state index contributed by atoms with van der Waals surface area (Å²) in [6.07, 6.45) is 0.887. The molecule has 0 atom stereocenters. The lowest BCUT2D eigenvalue weighted by Gasteiger charge is -2.09. The van der Waals surface area contributed by atoms with E-state index in [2.05, 4.69) is 12.2 Å². The number of anilines is 1. The number of nitrogens with one attached hydrogen (secondary N) is 1. The van der Waals surface area contributed by atoms with Crippen LogP contribution in [0, 0.1) is 6.92 Å². The van der Waals surface area contributed by atoms with Crippen LogP contribution in [0.5, 0.6) is 0 Å². The molecule has 2 aromatic carbocycles. The lowest BCUT2D eigenvalue weighted by molar-refractivity contribution is -0.113. The van der Waals surface area contributed by atoms with Gasteiger partial charge in [0.1, 0.15) is 5.58 Å². The first-order valence-electron chi connectivity index (χ1n) is 8.55. The van der Waals surface area contributed by atoms with E-state index in [1.54, 1.807) is 0 Å². The molecule has 0 saturated carbocycles. The van der Waals surface area contributed by atoms with Crippen LogP contribution in [0.2, 0.25) is 0 Å². The van der Waals surface area contributed by atoms with Crippen LogP contribution in [0.1, 0.15) is 23.6 Å². The van der Waals surface area contributed by atoms with E-state index in [1.165, 1.54) is 17.8 Å². The molecule has 0 spiro atoms. The number of thioether (sulfide) groups is 1. The van der Waals surface area contributed by atoms with Gasteiger partial charge in [-0.15, -0.1) is 11.8 Å². The highest BCUT2D eigenvalue weighted by Gasteiger charge is 2.09. The van der Waals surface area contributed by atoms with E-state index in [0.29, 0.717) is 17.1 Å². The van der Waals surface area contributed by atoms with Crippen molar-refractivity contribution in [3.8, 4) is 0 Å². The van der Waals surface area contributed by atoms with E-state index in [1.807, 2.05) is 49.4 Å². The average Bonchev–Trinajstić information content (AvgIpc) is 2.63. The molecular weight excluding hydrogens is 346 g/mol. The minimum atomic E-state index is -0.356. The van der Waals surface area contributed by atoms with Gasteiger partial charge >= 0.3 is 5.63 Å². The molecule has 1 heterocycles. The van der Waals surface area contributed by atoms with Crippen molar-refractivity contribution in [3.05, 3.63) is 75.6 Å². The highest BCUT2D eigenvalue weighted by molar-refractivity contribution is 7.99. The Hall–Kier alpha value is -2.53. The molecule has 0 unspecified atom stereocenters. The summed E-state index contributed by atoms with van der Waals surface area (Å²) in [5.74, 6) is 0.850. The maximum atomic E-state index is 12.2. The largest absolute Gasteiger partial charge is 0.423 e. The number of hydrogen-bond acceptors (Lipinski definition) is 4. The van der Waals surface area contributed by atoms with Crippen molar-refractivity contribution < 1.29 is 9.21 Å². The van der Waals surface area contributed by atoms with E-state index in [-0.39, 0.29) is 11.5 Å². The molecule has 0 fully saturated rings. The summed E-state index contributed by atoms with van der Waals surface area (Å²) in [7, 11) is 0. The third-order valence-electron chi connectivity index (χ3n) is 4.21. The lowest BCUT2D eigenvalue weighted by Crippen LogP contribution is -2.15. The quantitative estimate of drug-likeness (QED) is 0.650. The Morgan fingerprint density at radius 1 is 1.15 bits per heavy atom. The number of hydrogen-bond donors (Lipinski definition) is 1. The van der Waals surface area contributed by atoms with Gasteiger partial charge in [0.15, 0.2) is 0 Å². The van der Waals surface area contributed by atoms with Crippen LogP contribution < -0.4 is 10.9 Å². The highest BCUT2D eigenvalue weighted by atomic mass is 32.2. The first-order chi connectivity index (χ1) is 12.6. The van der Waals surface area contributed by atoms with Crippen molar-refractivity contribution in [3.63, 3.8) is 0 Å². The molecule has 0 saturated heterocycles. The van der Waals surface area contributed by atoms with E-state index < -0.39 is 0 Å². The topological polar surface area (TPSA) is 59.3 Å². The monoisotopic (exact) mass is 367 g/mol. The van der Waals surface area contributed by atoms with Crippen LogP contribution in [-0.2, 0) is 17.0 Å². The van der Waals surface area contributed by atoms with Gasteiger partial charge in [0.05, 0.1) is 5.75 Å². The molecule has 3 aromatic rings. The third kappa shape index (κ3) is 4.35. The van der Waals surface area contributed by atoms with E-state index in [9.17, 15) is 9.59 Å². The summed E-state index contributed by atoms with van der Waals surface area (Å²) in [5, 5.41) is 3.84. The van der Waals surface area contributed by atoms with Gasteiger partial charge in [0, 0.05) is 22.9 Å². The summed E-state index contributed by atoms with van der Waals surface area (Å²) >= 11 is 1.48. The van der Waals surface area contributed by atoms with Crippen molar-refractivity contribution in [1.29, 1.82) is 0 Å². The summed E-state index contributed by atoms with van der Waals surface area (Å²) in [6, 6.07) is 15.1. The second-order valence-electron chi connectivity index (χ2n) is 6.13. The molecule has 0 aliphatic rings. The van der Waals surface area contributed by atoms with Crippen LogP contribution in [0.15, 0.2) is 57.7 Å². The van der Waals surface area contributed by atoms with Gasteiger partial charge in [0.25, 0.3) is 0 Å². The van der Waals surface area contributed by atoms with Crippen molar-refractivity contribution >= 4 is 34.3 Å². The number of carbonyl (C=O) groups is 1. The fourth-order valence-corrected chi connectivity index (χ4v) is 3.59. The zero-order chi connectivity index (χ0) is 18.5. The molecule has 134 valence electrons. The minimum Gasteiger partial charge on any atom is -0.423 e. The van der Waals surface area contributed by atoms with Gasteiger partial charge in [-0.05, 0) is 42.2 Å². The molecule has 1 aromatic heterocycles. The molecule has 4 nitrogen and oxygen atoms in total. The molecular formula is C21H21NO3S. The Bertz CT molecular complexity index is 994. The first-order valence-corrected chi connectivity index (χ1v) is 9.71. The predicted octanol–water partition coefficient (Wildman–Crippen LogP) is 4.54. The number of carbonyl (C=O) groups excluding carboxylic acids is 1. The fraction of sp³-hybridized carbons (Fsp3) is 0.238. The molecule has 26 heavy (non-hydrogen) atoms. The van der Waals surface area contributed by atoms with Gasteiger partial charge in [0.2, 0.25) is 5.91 Å². The number of aryl methyl sites for hydroxylation is 2. The van der Waals surface area contributed by atoms with Gasteiger partial charge in [-0.3, -0.25) is 4.79 Å². The molecule has 0 bridgehead atoms. The SMILES string of the molecule is CCc1ccc2c(CSCC(=O)Nc3ccccc3C)cc(=O)oc2c1. The van der Waals surface area contributed by atoms with Crippen LogP contribution in [-0.4, -0.2) is 11.7 Å². The number of benzene rings is 2. The standard InChI is InChI=1S/C21H21NO3S/c1-3-15-8-9-17-16(11-21(24)25-19(17)10-15)12-26-13-20(23)22-18-7-5-4-6-14(18)2/h4-11H,3,12-13H2,1-2H3,(H,22,23). The van der Waals surface area contributed by atoms with Crippen LogP contribution in [0.25, 0.3) is 11.0 Å². The van der Waals surface area contributed by atoms with Gasteiger partial charge in [-0.25, -0.2) is 4.79 Å². The molecule has 0 aliphatic carbocycles. The average molecular weight is 367 g/mol. The minimum absolute atomic E-state index is 0.0511. The van der Waals surface area contributed by atoms with Gasteiger partial charge < -0.3 is 9.73 Å². The van der Waals surface area contributed by atoms with Crippen molar-refractivity contribution in [2.24, 2.45) is 0 Å². The Morgan fingerprint density at radius 2 is 1.96 bits per heavy atom. The molecule has 1 amide bonds. The van der Waals surface area contributed by atoms with Crippen LogP contribution in [0.3, 0.4) is 0 Å². The van der Waals surface area contributed by atoms with Crippen LogP contribution in [0.4, 0.5) is 5.69 Å². The van der Waals surface area contributed by atoms with Crippen molar-refractivity contribution in [2.45, 2.75) is 26.0 Å². The Morgan fingerprint density at radius 3 is 2.73 bits per heavy atom. The molecule has 0 radical (unpaired) electrons. The smallest absolute Gasteiger partial charge is 0.336 e. The van der Waals surface area contributed by atoms with Crippen molar-refractivity contribution in [2.75, 3.05) is 11.1 Å². The summed E-state index contributed by atoms with van der Waals surface area (Å²) < 4.78 is 5.32. The van der Waals surface area contributed by atoms with E-state index in [4.69, 9.17) is 4.42 Å². The zero-order valence-corrected chi connectivity index (χ0v) is 15.7. The van der Waals surface area contributed by atoms with Gasteiger partial charge in [-0.2, -0.15) is 0 Å². The molecule has 5 heteroatoms. The molecule has 3 rings (SSSR count). The lowest BCUT2D eigenvalue weighted by atomic mass is 10.1. The highest BCUT2D eigenvalue weighted by Crippen LogP contribution is 2.23. The Kier molecular flexibility index (Phi) is 5.78. The Labute approximate surface area is 156 Å². The van der Waals surface area contributed by atoms with Gasteiger partial charge in [-0.1, -0.05) is 37.3 Å². The fourth-order valence-electron chi connectivity index (χ4n) is 2.77. The number of amides is 1. The normalized spacial score (nSPS) is 10.8. The number of rotatable bonds is 6. The first kappa shape index (κ1) is 18.3. The summed E-state index contributed by atoms with van der Waals surface area (Å²) in [4.78, 5) is 24.0. The molecule has 1 N–H and O–H groups in total. The zero-order valence-electron chi connectivity index (χ0n) is 14.9. The summed E-state index contributed by atoms with van der Waals surface area (Å²) in [6.45, 7) is 4.02. The number of para-hydroxylation sites is 1. The maximum absolute atomic E-state index is 12.2. The van der Waals surface area contributed by atoms with Crippen LogP contribution >= 0.6 is 11.8 Å². The molecule has 0 aliphatic heterocycles. The summed E-state index contributed by atoms with van der Waals surface area (Å²) in [5.41, 5.74) is 4.14. The number of fused-ring (bicyclic) bond motifs is 1.